The summed E-state index contributed by atoms with van der Waals surface area (Å²) in [5.74, 6) is 2.64. The van der Waals surface area contributed by atoms with Crippen LogP contribution in [-0.4, -0.2) is 29.7 Å². The average Bonchev–Trinajstić information content (AvgIpc) is 3.13. The van der Waals surface area contributed by atoms with Crippen molar-refractivity contribution >= 4 is 29.9 Å². The van der Waals surface area contributed by atoms with E-state index in [1.165, 1.54) is 11.1 Å². The van der Waals surface area contributed by atoms with Crippen LogP contribution in [0.5, 0.6) is 5.75 Å². The van der Waals surface area contributed by atoms with E-state index in [9.17, 15) is 0 Å². The maximum Gasteiger partial charge on any atom is 0.191 e. The monoisotopic (exact) mass is 505 g/mol. The van der Waals surface area contributed by atoms with E-state index in [4.69, 9.17) is 4.74 Å². The van der Waals surface area contributed by atoms with E-state index in [-0.39, 0.29) is 24.0 Å². The Balaban J connectivity index is 0.00000300. The number of aliphatic imine (C=N–C) groups is 1. The van der Waals surface area contributed by atoms with Gasteiger partial charge in [0.05, 0.1) is 7.11 Å². The Morgan fingerprint density at radius 1 is 1.03 bits per heavy atom. The SMILES string of the molecule is CN=C(NCc1cccc(Cn2ccnc2C)c1)NCc1cccc(OC)c1.I. The Hall–Kier alpha value is -2.55. The molecule has 0 aliphatic carbocycles. The molecule has 0 unspecified atom stereocenters. The Morgan fingerprint density at radius 3 is 2.31 bits per heavy atom. The molecule has 154 valence electrons. The molecule has 0 saturated carbocycles. The van der Waals surface area contributed by atoms with E-state index < -0.39 is 0 Å². The predicted molar refractivity (Wildman–Crippen MR) is 128 cm³/mol. The van der Waals surface area contributed by atoms with E-state index in [0.29, 0.717) is 13.1 Å². The largest absolute Gasteiger partial charge is 0.497 e. The van der Waals surface area contributed by atoms with E-state index in [1.54, 1.807) is 14.2 Å². The highest BCUT2D eigenvalue weighted by atomic mass is 127. The molecule has 3 rings (SSSR count). The van der Waals surface area contributed by atoms with Crippen molar-refractivity contribution in [2.45, 2.75) is 26.6 Å². The fraction of sp³-hybridized carbons (Fsp3) is 0.273. The van der Waals surface area contributed by atoms with Gasteiger partial charge in [-0.15, -0.1) is 24.0 Å². The Morgan fingerprint density at radius 2 is 1.69 bits per heavy atom. The Labute approximate surface area is 189 Å². The minimum Gasteiger partial charge on any atom is -0.497 e. The first-order valence-electron chi connectivity index (χ1n) is 9.31. The van der Waals surface area contributed by atoms with Gasteiger partial charge in [0.15, 0.2) is 5.96 Å². The lowest BCUT2D eigenvalue weighted by molar-refractivity contribution is 0.414. The first-order valence-corrected chi connectivity index (χ1v) is 9.31. The summed E-state index contributed by atoms with van der Waals surface area (Å²) in [6, 6.07) is 16.6. The molecule has 0 spiro atoms. The van der Waals surface area contributed by atoms with Gasteiger partial charge in [-0.25, -0.2) is 4.98 Å². The second-order valence-corrected chi connectivity index (χ2v) is 6.55. The van der Waals surface area contributed by atoms with Crippen molar-refractivity contribution < 1.29 is 4.74 Å². The molecule has 7 heteroatoms. The number of hydrogen-bond donors (Lipinski definition) is 2. The fourth-order valence-electron chi connectivity index (χ4n) is 2.98. The molecule has 2 N–H and O–H groups in total. The average molecular weight is 505 g/mol. The number of benzene rings is 2. The van der Waals surface area contributed by atoms with Gasteiger partial charge in [0, 0.05) is 39.1 Å². The molecule has 0 amide bonds. The fourth-order valence-corrected chi connectivity index (χ4v) is 2.98. The van der Waals surface area contributed by atoms with Crippen LogP contribution in [-0.2, 0) is 19.6 Å². The zero-order valence-electron chi connectivity index (χ0n) is 17.1. The predicted octanol–water partition coefficient (Wildman–Crippen LogP) is 3.73. The van der Waals surface area contributed by atoms with Gasteiger partial charge in [0.2, 0.25) is 0 Å². The number of rotatable bonds is 7. The first-order chi connectivity index (χ1) is 13.7. The van der Waals surface area contributed by atoms with Gasteiger partial charge in [-0.05, 0) is 35.7 Å². The van der Waals surface area contributed by atoms with Crippen LogP contribution in [0.15, 0.2) is 65.9 Å². The van der Waals surface area contributed by atoms with Gasteiger partial charge >= 0.3 is 0 Å². The van der Waals surface area contributed by atoms with Crippen molar-refractivity contribution in [2.24, 2.45) is 4.99 Å². The van der Waals surface area contributed by atoms with Gasteiger partial charge < -0.3 is 19.9 Å². The lowest BCUT2D eigenvalue weighted by Gasteiger charge is -2.13. The third kappa shape index (κ3) is 6.77. The molecular formula is C22H28IN5O. The van der Waals surface area contributed by atoms with E-state index in [2.05, 4.69) is 55.5 Å². The number of aromatic nitrogens is 2. The molecule has 0 aliphatic heterocycles. The first kappa shape index (κ1) is 22.7. The van der Waals surface area contributed by atoms with E-state index in [0.717, 1.165) is 29.6 Å². The minimum absolute atomic E-state index is 0. The topological polar surface area (TPSA) is 63.5 Å². The third-order valence-corrected chi connectivity index (χ3v) is 4.55. The van der Waals surface area contributed by atoms with Crippen molar-refractivity contribution in [3.05, 3.63) is 83.4 Å². The van der Waals surface area contributed by atoms with Crippen LogP contribution < -0.4 is 15.4 Å². The summed E-state index contributed by atoms with van der Waals surface area (Å²) in [6.45, 7) is 4.22. The van der Waals surface area contributed by atoms with Gasteiger partial charge in [-0.1, -0.05) is 36.4 Å². The van der Waals surface area contributed by atoms with Crippen LogP contribution in [0.2, 0.25) is 0 Å². The molecule has 29 heavy (non-hydrogen) atoms. The molecule has 1 aromatic heterocycles. The zero-order chi connectivity index (χ0) is 19.8. The molecule has 2 aromatic carbocycles. The number of imidazole rings is 1. The Bertz CT molecular complexity index is 938. The highest BCUT2D eigenvalue weighted by Crippen LogP contribution is 2.12. The molecular weight excluding hydrogens is 477 g/mol. The molecule has 0 fully saturated rings. The standard InChI is InChI=1S/C22H27N5O.HI/c1-17-24-10-11-27(17)16-20-8-4-6-18(12-20)14-25-22(23-2)26-15-19-7-5-9-21(13-19)28-3;/h4-13H,14-16H2,1-3H3,(H2,23,25,26);1H. The minimum atomic E-state index is 0. The summed E-state index contributed by atoms with van der Waals surface area (Å²) in [4.78, 5) is 8.59. The molecule has 1 heterocycles. The number of guanidine groups is 1. The van der Waals surface area contributed by atoms with Crippen molar-refractivity contribution in [2.75, 3.05) is 14.2 Å². The van der Waals surface area contributed by atoms with Crippen LogP contribution in [0.4, 0.5) is 0 Å². The molecule has 0 atom stereocenters. The zero-order valence-corrected chi connectivity index (χ0v) is 19.4. The second-order valence-electron chi connectivity index (χ2n) is 6.55. The van der Waals surface area contributed by atoms with Crippen LogP contribution in [0.1, 0.15) is 22.5 Å². The number of ether oxygens (including phenoxy) is 1. The summed E-state index contributed by atoms with van der Waals surface area (Å²) in [5.41, 5.74) is 3.60. The number of aryl methyl sites for hydroxylation is 1. The summed E-state index contributed by atoms with van der Waals surface area (Å²) < 4.78 is 7.41. The molecule has 0 bridgehead atoms. The maximum atomic E-state index is 5.27. The molecule has 6 nitrogen and oxygen atoms in total. The highest BCUT2D eigenvalue weighted by Gasteiger charge is 2.03. The lowest BCUT2D eigenvalue weighted by Crippen LogP contribution is -2.36. The quantitative estimate of drug-likeness (QED) is 0.292. The summed E-state index contributed by atoms with van der Waals surface area (Å²) in [6.07, 6.45) is 3.84. The number of methoxy groups -OCH3 is 1. The molecule has 0 radical (unpaired) electrons. The number of hydrogen-bond acceptors (Lipinski definition) is 3. The van der Waals surface area contributed by atoms with Gasteiger partial charge in [-0.3, -0.25) is 4.99 Å². The maximum absolute atomic E-state index is 5.27. The van der Waals surface area contributed by atoms with E-state index >= 15 is 0 Å². The van der Waals surface area contributed by atoms with Crippen LogP contribution in [0.3, 0.4) is 0 Å². The Kier molecular flexibility index (Phi) is 8.98. The summed E-state index contributed by atoms with van der Waals surface area (Å²) in [5, 5.41) is 6.71. The van der Waals surface area contributed by atoms with Crippen LogP contribution >= 0.6 is 24.0 Å². The van der Waals surface area contributed by atoms with Crippen molar-refractivity contribution in [3.63, 3.8) is 0 Å². The van der Waals surface area contributed by atoms with Crippen LogP contribution in [0.25, 0.3) is 0 Å². The number of nitrogens with zero attached hydrogens (tertiary/aromatic N) is 3. The number of nitrogens with one attached hydrogen (secondary N) is 2. The van der Waals surface area contributed by atoms with E-state index in [1.807, 2.05) is 37.5 Å². The van der Waals surface area contributed by atoms with Crippen molar-refractivity contribution in [1.82, 2.24) is 20.2 Å². The smallest absolute Gasteiger partial charge is 0.191 e. The second kappa shape index (κ2) is 11.5. The van der Waals surface area contributed by atoms with Gasteiger partial charge in [0.25, 0.3) is 0 Å². The molecule has 3 aromatic rings. The van der Waals surface area contributed by atoms with Gasteiger partial charge in [0.1, 0.15) is 11.6 Å². The van der Waals surface area contributed by atoms with Crippen LogP contribution in [0, 0.1) is 6.92 Å². The number of halogens is 1. The third-order valence-electron chi connectivity index (χ3n) is 4.55. The molecule has 0 aliphatic rings. The van der Waals surface area contributed by atoms with Crippen molar-refractivity contribution in [3.8, 4) is 5.75 Å². The lowest BCUT2D eigenvalue weighted by atomic mass is 10.1. The summed E-state index contributed by atoms with van der Waals surface area (Å²) in [7, 11) is 3.45. The van der Waals surface area contributed by atoms with Gasteiger partial charge in [-0.2, -0.15) is 0 Å². The highest BCUT2D eigenvalue weighted by molar-refractivity contribution is 14.0. The van der Waals surface area contributed by atoms with Crippen molar-refractivity contribution in [1.29, 1.82) is 0 Å². The molecule has 0 saturated heterocycles. The summed E-state index contributed by atoms with van der Waals surface area (Å²) >= 11 is 0. The normalized spacial score (nSPS) is 10.9.